The Morgan fingerprint density at radius 2 is 2.21 bits per heavy atom. The van der Waals surface area contributed by atoms with Gasteiger partial charge in [-0.1, -0.05) is 37.7 Å². The lowest BCUT2D eigenvalue weighted by Gasteiger charge is -2.12. The maximum absolute atomic E-state index is 14.0. The number of aromatic nitrogens is 2. The Balaban J connectivity index is 2.22. The van der Waals surface area contributed by atoms with Crippen molar-refractivity contribution in [3.05, 3.63) is 35.4 Å². The second kappa shape index (κ2) is 6.45. The van der Waals surface area contributed by atoms with Crippen LogP contribution in [0.5, 0.6) is 0 Å². The van der Waals surface area contributed by atoms with Gasteiger partial charge in [0.05, 0.1) is 4.90 Å². The largest absolute Gasteiger partial charge is 0.310 e. The van der Waals surface area contributed by atoms with E-state index < -0.39 is 0 Å². The van der Waals surface area contributed by atoms with Gasteiger partial charge >= 0.3 is 0 Å². The predicted molar refractivity (Wildman–Crippen MR) is 77.1 cm³/mol. The number of aryl methyl sites for hydroxylation is 1. The molecule has 0 aliphatic carbocycles. The van der Waals surface area contributed by atoms with Crippen LogP contribution < -0.4 is 5.32 Å². The molecule has 0 aliphatic heterocycles. The van der Waals surface area contributed by atoms with Gasteiger partial charge in [0.1, 0.15) is 11.6 Å². The van der Waals surface area contributed by atoms with E-state index in [4.69, 9.17) is 0 Å². The lowest BCUT2D eigenvalue weighted by atomic mass is 10.2. The second-order valence-corrected chi connectivity index (χ2v) is 6.48. The van der Waals surface area contributed by atoms with Gasteiger partial charge in [-0.05, 0) is 30.1 Å². The van der Waals surface area contributed by atoms with Gasteiger partial charge < -0.3 is 5.32 Å². The molecule has 1 N–H and O–H groups in total. The molecular weight excluding hydrogens is 281 g/mol. The average molecular weight is 297 g/mol. The number of hydrogen-bond donors (Lipinski definition) is 1. The van der Waals surface area contributed by atoms with E-state index >= 15 is 0 Å². The lowest BCUT2D eigenvalue weighted by molar-refractivity contribution is 0.564. The van der Waals surface area contributed by atoms with Gasteiger partial charge in [-0.2, -0.15) is 4.37 Å². The molecule has 102 valence electrons. The fourth-order valence-corrected chi connectivity index (χ4v) is 3.25. The van der Waals surface area contributed by atoms with Gasteiger partial charge in [-0.3, -0.25) is 0 Å². The van der Waals surface area contributed by atoms with Gasteiger partial charge in [0.15, 0.2) is 4.34 Å². The minimum Gasteiger partial charge on any atom is -0.310 e. The third kappa shape index (κ3) is 3.99. The molecule has 0 fully saturated rings. The highest BCUT2D eigenvalue weighted by Gasteiger charge is 2.12. The van der Waals surface area contributed by atoms with E-state index in [2.05, 4.69) is 28.5 Å². The molecule has 1 aromatic carbocycles. The summed E-state index contributed by atoms with van der Waals surface area (Å²) in [6.45, 7) is 6.62. The topological polar surface area (TPSA) is 37.8 Å². The molecule has 1 aromatic heterocycles. The SMILES string of the molecule is Cc1nsc(Sc2c(F)cccc2CNC(C)C)n1. The predicted octanol–water partition coefficient (Wildman–Crippen LogP) is 3.63. The Morgan fingerprint density at radius 3 is 2.84 bits per heavy atom. The zero-order valence-electron chi connectivity index (χ0n) is 11.1. The second-order valence-electron chi connectivity index (χ2n) is 4.47. The molecule has 2 aromatic rings. The molecule has 0 bridgehead atoms. The fraction of sp³-hybridized carbons (Fsp3) is 0.385. The molecule has 3 nitrogen and oxygen atoms in total. The van der Waals surface area contributed by atoms with Crippen molar-refractivity contribution in [1.82, 2.24) is 14.7 Å². The Kier molecular flexibility index (Phi) is 4.90. The smallest absolute Gasteiger partial charge is 0.174 e. The summed E-state index contributed by atoms with van der Waals surface area (Å²) in [7, 11) is 0. The van der Waals surface area contributed by atoms with Gasteiger partial charge in [0.2, 0.25) is 0 Å². The first-order valence-corrected chi connectivity index (χ1v) is 7.64. The van der Waals surface area contributed by atoms with Gasteiger partial charge in [-0.15, -0.1) is 0 Å². The van der Waals surface area contributed by atoms with E-state index in [1.807, 2.05) is 13.0 Å². The Hall–Kier alpha value is -0.980. The van der Waals surface area contributed by atoms with E-state index in [9.17, 15) is 4.39 Å². The maximum atomic E-state index is 14.0. The van der Waals surface area contributed by atoms with Crippen molar-refractivity contribution in [2.24, 2.45) is 0 Å². The molecule has 0 saturated heterocycles. The zero-order chi connectivity index (χ0) is 13.8. The Labute approximate surface area is 120 Å². The first-order valence-electron chi connectivity index (χ1n) is 6.05. The number of nitrogens with one attached hydrogen (secondary N) is 1. The van der Waals surface area contributed by atoms with Crippen LogP contribution in [-0.4, -0.2) is 15.4 Å². The molecule has 0 aliphatic rings. The number of hydrogen-bond acceptors (Lipinski definition) is 5. The van der Waals surface area contributed by atoms with Crippen molar-refractivity contribution in [1.29, 1.82) is 0 Å². The van der Waals surface area contributed by atoms with Crippen LogP contribution in [0.25, 0.3) is 0 Å². The zero-order valence-corrected chi connectivity index (χ0v) is 12.7. The molecule has 0 radical (unpaired) electrons. The van der Waals surface area contributed by atoms with Crippen LogP contribution >= 0.6 is 23.3 Å². The van der Waals surface area contributed by atoms with Crippen LogP contribution in [0.15, 0.2) is 27.4 Å². The van der Waals surface area contributed by atoms with Crippen LogP contribution in [0, 0.1) is 12.7 Å². The molecular formula is C13H16FN3S2. The van der Waals surface area contributed by atoms with E-state index in [0.29, 0.717) is 17.5 Å². The number of nitrogens with zero attached hydrogens (tertiary/aromatic N) is 2. The van der Waals surface area contributed by atoms with Crippen LogP contribution in [0.1, 0.15) is 25.2 Å². The summed E-state index contributed by atoms with van der Waals surface area (Å²) >= 11 is 2.64. The number of halogens is 1. The van der Waals surface area contributed by atoms with Crippen molar-refractivity contribution >= 4 is 23.3 Å². The van der Waals surface area contributed by atoms with Crippen molar-refractivity contribution in [2.45, 2.75) is 42.6 Å². The van der Waals surface area contributed by atoms with Crippen LogP contribution in [0.4, 0.5) is 4.39 Å². The lowest BCUT2D eigenvalue weighted by Crippen LogP contribution is -2.22. The molecule has 2 rings (SSSR count). The molecule has 0 atom stereocenters. The van der Waals surface area contributed by atoms with Crippen LogP contribution in [-0.2, 0) is 6.54 Å². The molecule has 0 unspecified atom stereocenters. The van der Waals surface area contributed by atoms with E-state index in [1.54, 1.807) is 6.07 Å². The summed E-state index contributed by atoms with van der Waals surface area (Å²) in [4.78, 5) is 4.90. The van der Waals surface area contributed by atoms with Crippen molar-refractivity contribution in [3.8, 4) is 0 Å². The molecule has 1 heterocycles. The highest BCUT2D eigenvalue weighted by Crippen LogP contribution is 2.33. The molecule has 6 heteroatoms. The average Bonchev–Trinajstić information content (AvgIpc) is 2.75. The standard InChI is InChI=1S/C13H16FN3S2/c1-8(2)15-7-10-5-4-6-11(14)12(10)18-13-16-9(3)17-19-13/h4-6,8,15H,7H2,1-3H3. The minimum atomic E-state index is -0.207. The Morgan fingerprint density at radius 1 is 1.42 bits per heavy atom. The van der Waals surface area contributed by atoms with Gasteiger partial charge in [0.25, 0.3) is 0 Å². The molecule has 0 spiro atoms. The van der Waals surface area contributed by atoms with Crippen LogP contribution in [0.3, 0.4) is 0 Å². The van der Waals surface area contributed by atoms with Crippen molar-refractivity contribution < 1.29 is 4.39 Å². The third-order valence-electron chi connectivity index (χ3n) is 2.45. The molecule has 19 heavy (non-hydrogen) atoms. The Bertz CT molecular complexity index is 555. The van der Waals surface area contributed by atoms with Crippen molar-refractivity contribution in [2.75, 3.05) is 0 Å². The summed E-state index contributed by atoms with van der Waals surface area (Å²) in [5, 5.41) is 3.31. The normalized spacial score (nSPS) is 11.2. The van der Waals surface area contributed by atoms with E-state index in [1.165, 1.54) is 29.4 Å². The minimum absolute atomic E-state index is 0.207. The van der Waals surface area contributed by atoms with Crippen LogP contribution in [0.2, 0.25) is 0 Å². The third-order valence-corrected chi connectivity index (χ3v) is 4.45. The molecule has 0 amide bonds. The summed E-state index contributed by atoms with van der Waals surface area (Å²) in [6.07, 6.45) is 0. The fourth-order valence-electron chi connectivity index (χ4n) is 1.53. The maximum Gasteiger partial charge on any atom is 0.174 e. The molecule has 0 saturated carbocycles. The quantitative estimate of drug-likeness (QED) is 0.914. The first-order chi connectivity index (χ1) is 9.06. The van der Waals surface area contributed by atoms with E-state index in [0.717, 1.165) is 15.7 Å². The summed E-state index contributed by atoms with van der Waals surface area (Å²) in [6, 6.07) is 5.52. The van der Waals surface area contributed by atoms with Gasteiger partial charge in [-0.25, -0.2) is 9.37 Å². The first kappa shape index (κ1) is 14.4. The van der Waals surface area contributed by atoms with Gasteiger partial charge in [0, 0.05) is 12.6 Å². The monoisotopic (exact) mass is 297 g/mol. The highest BCUT2D eigenvalue weighted by molar-refractivity contribution is 8.01. The summed E-state index contributed by atoms with van der Waals surface area (Å²) in [5.41, 5.74) is 0.951. The summed E-state index contributed by atoms with van der Waals surface area (Å²) < 4.78 is 18.9. The highest BCUT2D eigenvalue weighted by atomic mass is 32.2. The van der Waals surface area contributed by atoms with E-state index in [-0.39, 0.29) is 5.82 Å². The number of benzene rings is 1. The van der Waals surface area contributed by atoms with Crippen molar-refractivity contribution in [3.63, 3.8) is 0 Å². The number of rotatable bonds is 5. The summed E-state index contributed by atoms with van der Waals surface area (Å²) in [5.74, 6) is 0.520.